The van der Waals surface area contributed by atoms with Crippen molar-refractivity contribution < 1.29 is 126 Å². The number of hydrogen-bond acceptors (Lipinski definition) is 9. The van der Waals surface area contributed by atoms with Crippen molar-refractivity contribution in [3.63, 3.8) is 0 Å². The van der Waals surface area contributed by atoms with Crippen molar-refractivity contribution in [3.05, 3.63) is 0 Å². The third-order valence-corrected chi connectivity index (χ3v) is 0. The first kappa shape index (κ1) is 30.5. The van der Waals surface area contributed by atoms with E-state index in [9.17, 15) is 0 Å². The van der Waals surface area contributed by atoms with Gasteiger partial charge in [-0.1, -0.05) is 0 Å². The fourth-order valence-electron chi connectivity index (χ4n) is 0. The topological polar surface area (TPSA) is 184 Å². The first-order valence-electron chi connectivity index (χ1n) is 1.77. The van der Waals surface area contributed by atoms with E-state index in [1.165, 1.54) is 0 Å². The minimum Gasteiger partial charge on any atom is 2.00 e. The molecule has 0 N–H and O–H groups in total. The van der Waals surface area contributed by atoms with E-state index in [1.807, 2.05) is 0 Å². The summed E-state index contributed by atoms with van der Waals surface area (Å²) in [6.45, 7) is 0. The smallest absolute Gasteiger partial charge is 2.00 e. The van der Waals surface area contributed by atoms with Crippen LogP contribution >= 0.6 is 0 Å². The van der Waals surface area contributed by atoms with Crippen molar-refractivity contribution in [1.29, 1.82) is 0 Å². The maximum atomic E-state index is 8.61. The summed E-state index contributed by atoms with van der Waals surface area (Å²) in [4.78, 5) is 0. The van der Waals surface area contributed by atoms with Crippen molar-refractivity contribution in [2.45, 2.75) is 0 Å². The molecule has 0 aromatic carbocycles. The summed E-state index contributed by atoms with van der Waals surface area (Å²) in [6.07, 6.45) is 0. The predicted octanol–water partition coefficient (Wildman–Crippen LogP) is -6.81. The fourth-order valence-corrected chi connectivity index (χ4v) is 0. The van der Waals surface area contributed by atoms with E-state index < -0.39 is 60.0 Å². The molecule has 9 nitrogen and oxygen atoms in total. The van der Waals surface area contributed by atoms with Crippen LogP contribution in [-0.2, 0) is 72.7 Å². The van der Waals surface area contributed by atoms with Gasteiger partial charge in [0.15, 0.2) is 0 Å². The van der Waals surface area contributed by atoms with E-state index in [-0.39, 0.29) is 62.9 Å². The molecule has 0 aliphatic rings. The van der Waals surface area contributed by atoms with E-state index in [0.717, 1.165) is 0 Å². The summed E-state index contributed by atoms with van der Waals surface area (Å²) in [6, 6.07) is 0. The molecule has 0 aliphatic heterocycles. The molecule has 0 spiro atoms. The van der Waals surface area contributed by atoms with Crippen LogP contribution in [0.1, 0.15) is 0 Å². The molecule has 0 unspecified atom stereocenters. The molecular formula is LaNbO9PbTiZr. The van der Waals surface area contributed by atoms with Gasteiger partial charge in [-0.2, -0.15) is 0 Å². The molecule has 0 rings (SSSR count). The second-order valence-corrected chi connectivity index (χ2v) is 3.83. The van der Waals surface area contributed by atoms with Gasteiger partial charge in [0, 0.05) is 0 Å². The van der Waals surface area contributed by atoms with Gasteiger partial charge in [-0.05, 0) is 0 Å². The van der Waals surface area contributed by atoms with Gasteiger partial charge in [-0.25, -0.2) is 0 Å². The van der Waals surface area contributed by atoms with Crippen LogP contribution < -0.4 is 17.4 Å². The third kappa shape index (κ3) is 271. The Morgan fingerprint density at radius 2 is 1.14 bits per heavy atom. The van der Waals surface area contributed by atoms with Gasteiger partial charge in [-0.3, -0.25) is 0 Å². The van der Waals surface area contributed by atoms with Crippen molar-refractivity contribution in [2.75, 3.05) is 0 Å². The maximum Gasteiger partial charge on any atom is 2.00 e. The Morgan fingerprint density at radius 1 is 1.14 bits per heavy atom. The van der Waals surface area contributed by atoms with Gasteiger partial charge in [0.25, 0.3) is 0 Å². The molecule has 0 atom stereocenters. The van der Waals surface area contributed by atoms with Gasteiger partial charge in [0.05, 0.1) is 0 Å². The zero-order valence-electron chi connectivity index (χ0n) is 6.20. The van der Waals surface area contributed by atoms with E-state index in [2.05, 4.69) is 0 Å². The van der Waals surface area contributed by atoms with Gasteiger partial charge in [0.2, 0.25) is 0 Å². The monoisotopic (exact) mass is 722 g/mol. The Morgan fingerprint density at radius 3 is 1.14 bits per heavy atom. The fraction of sp³-hybridized carbons (Fsp3) is 0. The van der Waals surface area contributed by atoms with E-state index in [4.69, 9.17) is 30.0 Å². The quantitative estimate of drug-likeness (QED) is 0.220. The summed E-state index contributed by atoms with van der Waals surface area (Å²) in [7, 11) is 0. The molecule has 14 heteroatoms. The SMILES string of the molecule is [La+3].[O]=[Nb](=[O])[O-].[O]=[Ti]([O-])[O-].[O]=[Zr]([O-])[O-].[Pb+2]. The summed E-state index contributed by atoms with van der Waals surface area (Å²) >= 11 is -12.6. The molecule has 2 radical (unpaired) electrons. The maximum absolute atomic E-state index is 8.61. The van der Waals surface area contributed by atoms with E-state index >= 15 is 0 Å². The van der Waals surface area contributed by atoms with Gasteiger partial charge in [0.1, 0.15) is 0 Å². The molecule has 0 aromatic heterocycles. The van der Waals surface area contributed by atoms with Gasteiger partial charge in [-0.15, -0.1) is 0 Å². The average molecular weight is 722 g/mol. The van der Waals surface area contributed by atoms with Crippen LogP contribution in [0.2, 0.25) is 0 Å². The Bertz CT molecular complexity index is 175. The largest absolute Gasteiger partial charge is 2.00 e. The van der Waals surface area contributed by atoms with Crippen LogP contribution in [0, 0.1) is 35.6 Å². The van der Waals surface area contributed by atoms with Crippen LogP contribution in [0.3, 0.4) is 0 Å². The summed E-state index contributed by atoms with van der Waals surface area (Å²) in [5.41, 5.74) is 0. The first-order chi connectivity index (χ1) is 5.20. The van der Waals surface area contributed by atoms with Crippen LogP contribution in [0.15, 0.2) is 0 Å². The molecular weight excluding hydrogens is 722 g/mol. The molecule has 0 heterocycles. The zero-order chi connectivity index (χ0) is 10.7. The molecule has 0 saturated heterocycles. The second kappa shape index (κ2) is 25.3. The Hall–Kier alpha value is 3.45. The Kier molecular flexibility index (Phi) is 55.1. The van der Waals surface area contributed by atoms with Crippen molar-refractivity contribution in [1.82, 2.24) is 0 Å². The van der Waals surface area contributed by atoms with E-state index in [1.54, 1.807) is 0 Å². The summed E-state index contributed by atoms with van der Waals surface area (Å²) in [5.74, 6) is 0. The standard InChI is InChI=1S/La.Nb.9O.Pb.Ti.Zr/q+3;;;;;;5*-1;+2;;. The first-order valence-corrected chi connectivity index (χ1v) is 9.39. The molecule has 74 valence electrons. The Balaban J connectivity index is -0.0000000270. The van der Waals surface area contributed by atoms with Crippen LogP contribution in [0.25, 0.3) is 0 Å². The van der Waals surface area contributed by atoms with Gasteiger partial charge >= 0.3 is 153 Å². The number of rotatable bonds is 0. The van der Waals surface area contributed by atoms with E-state index in [0.29, 0.717) is 0 Å². The summed E-state index contributed by atoms with van der Waals surface area (Å²) in [5, 5.41) is 0. The molecule has 0 amide bonds. The summed E-state index contributed by atoms with van der Waals surface area (Å²) < 4.78 is 77.4. The second-order valence-electron chi connectivity index (χ2n) is 0.724. The molecule has 0 fully saturated rings. The predicted molar refractivity (Wildman–Crippen MR) is 8.50 cm³/mol. The molecule has 0 bridgehead atoms. The van der Waals surface area contributed by atoms with Crippen LogP contribution in [-0.4, -0.2) is 27.3 Å². The minimum absolute atomic E-state index is 0. The minimum atomic E-state index is -4.29. The zero-order valence-corrected chi connectivity index (χ0v) is 19.9. The Labute approximate surface area is 149 Å². The number of hydrogen-bond donors (Lipinski definition) is 0. The normalized spacial score (nSPS) is 5.50. The molecule has 0 aromatic rings. The van der Waals surface area contributed by atoms with Crippen molar-refractivity contribution >= 4 is 27.3 Å². The molecule has 0 saturated carbocycles. The van der Waals surface area contributed by atoms with Crippen molar-refractivity contribution in [2.24, 2.45) is 0 Å². The average Bonchev–Trinajstić information content (AvgIpc) is 1.54. The van der Waals surface area contributed by atoms with Crippen LogP contribution in [0.4, 0.5) is 0 Å². The van der Waals surface area contributed by atoms with Crippen LogP contribution in [0.5, 0.6) is 0 Å². The van der Waals surface area contributed by atoms with Gasteiger partial charge < -0.3 is 0 Å². The molecule has 14 heavy (non-hydrogen) atoms. The van der Waals surface area contributed by atoms with Crippen molar-refractivity contribution in [3.8, 4) is 0 Å². The third-order valence-electron chi connectivity index (χ3n) is 0. The molecule has 0 aliphatic carbocycles.